The van der Waals surface area contributed by atoms with Gasteiger partial charge in [0.2, 0.25) is 0 Å². The van der Waals surface area contributed by atoms with E-state index in [2.05, 4.69) is 10.1 Å². The van der Waals surface area contributed by atoms with Gasteiger partial charge in [0.1, 0.15) is 29.3 Å². The van der Waals surface area contributed by atoms with E-state index < -0.39 is 0 Å². The topological polar surface area (TPSA) is 79.9 Å². The van der Waals surface area contributed by atoms with E-state index in [0.29, 0.717) is 42.6 Å². The van der Waals surface area contributed by atoms with Gasteiger partial charge in [-0.15, -0.1) is 0 Å². The first-order valence-electron chi connectivity index (χ1n) is 11.4. The second kappa shape index (κ2) is 9.30. The Kier molecular flexibility index (Phi) is 6.06. The summed E-state index contributed by atoms with van der Waals surface area (Å²) in [7, 11) is 5.10. The van der Waals surface area contributed by atoms with Gasteiger partial charge in [0.15, 0.2) is 5.78 Å². The van der Waals surface area contributed by atoms with Crippen LogP contribution in [0, 0.1) is 5.92 Å². The predicted molar refractivity (Wildman–Crippen MR) is 128 cm³/mol. The molecule has 0 spiro atoms. The number of aryl methyl sites for hydroxylation is 1. The Morgan fingerprint density at radius 1 is 1.06 bits per heavy atom. The van der Waals surface area contributed by atoms with E-state index in [1.807, 2.05) is 60.5 Å². The maximum atomic E-state index is 13.1. The maximum absolute atomic E-state index is 13.1. The van der Waals surface area contributed by atoms with Crippen LogP contribution in [0.5, 0.6) is 11.5 Å². The Morgan fingerprint density at radius 3 is 2.59 bits per heavy atom. The van der Waals surface area contributed by atoms with Gasteiger partial charge in [-0.3, -0.25) is 13.9 Å². The number of ether oxygens (including phenoxy) is 3. The SMILES string of the molecule is COCCOc1cc(-c2cnc3cc(-c4cnn(C)c4)ccn23)cc(OC)c1C(=O)CC1CC1. The molecular weight excluding hydrogens is 432 g/mol. The second-order valence-corrected chi connectivity index (χ2v) is 8.65. The molecule has 3 heterocycles. The van der Waals surface area contributed by atoms with E-state index in [9.17, 15) is 4.79 Å². The van der Waals surface area contributed by atoms with Crippen molar-refractivity contribution in [2.45, 2.75) is 19.3 Å². The van der Waals surface area contributed by atoms with Crippen LogP contribution in [-0.2, 0) is 11.8 Å². The third-order valence-electron chi connectivity index (χ3n) is 6.13. The smallest absolute Gasteiger partial charge is 0.170 e. The molecule has 0 aliphatic heterocycles. The molecular formula is C26H28N4O4. The van der Waals surface area contributed by atoms with Crippen LogP contribution in [-0.4, -0.2) is 52.4 Å². The Bertz CT molecular complexity index is 1340. The molecule has 1 aromatic carbocycles. The zero-order chi connectivity index (χ0) is 23.7. The summed E-state index contributed by atoms with van der Waals surface area (Å²) in [4.78, 5) is 17.7. The molecule has 0 unspecified atom stereocenters. The molecule has 34 heavy (non-hydrogen) atoms. The first-order chi connectivity index (χ1) is 16.6. The number of imidazole rings is 1. The molecule has 0 radical (unpaired) electrons. The number of carbonyl (C=O) groups excluding carboxylic acids is 1. The third-order valence-corrected chi connectivity index (χ3v) is 6.13. The lowest BCUT2D eigenvalue weighted by atomic mass is 10.00. The van der Waals surface area contributed by atoms with Gasteiger partial charge in [0.05, 0.1) is 31.8 Å². The molecule has 0 N–H and O–H groups in total. The number of pyridine rings is 1. The van der Waals surface area contributed by atoms with Crippen molar-refractivity contribution in [2.75, 3.05) is 27.4 Å². The monoisotopic (exact) mass is 460 g/mol. The van der Waals surface area contributed by atoms with Crippen LogP contribution in [0.25, 0.3) is 28.0 Å². The summed E-state index contributed by atoms with van der Waals surface area (Å²) in [5, 5.41) is 4.25. The van der Waals surface area contributed by atoms with E-state index in [1.54, 1.807) is 18.9 Å². The molecule has 0 atom stereocenters. The standard InChI is InChI=1S/C26H28N4O4/c1-29-16-20(14-28-29)18-6-7-30-21(15-27-25(30)13-18)19-11-23(33-3)26(22(31)10-17-4-5-17)24(12-19)34-9-8-32-2/h6-7,11-17H,4-5,8-10H2,1-3H3. The lowest BCUT2D eigenvalue weighted by Crippen LogP contribution is -2.11. The molecule has 1 fully saturated rings. The first-order valence-corrected chi connectivity index (χ1v) is 11.4. The number of hydrogen-bond donors (Lipinski definition) is 0. The largest absolute Gasteiger partial charge is 0.496 e. The summed E-state index contributed by atoms with van der Waals surface area (Å²) >= 11 is 0. The van der Waals surface area contributed by atoms with Crippen LogP contribution in [0.1, 0.15) is 29.6 Å². The van der Waals surface area contributed by atoms with Gasteiger partial charge < -0.3 is 14.2 Å². The van der Waals surface area contributed by atoms with Crippen molar-refractivity contribution in [1.82, 2.24) is 19.2 Å². The Hall–Kier alpha value is -3.65. The quantitative estimate of drug-likeness (QED) is 0.258. The van der Waals surface area contributed by atoms with Gasteiger partial charge >= 0.3 is 0 Å². The van der Waals surface area contributed by atoms with Crippen molar-refractivity contribution in [3.63, 3.8) is 0 Å². The lowest BCUT2D eigenvalue weighted by Gasteiger charge is -2.16. The Balaban J connectivity index is 1.55. The van der Waals surface area contributed by atoms with Crippen molar-refractivity contribution in [1.29, 1.82) is 0 Å². The van der Waals surface area contributed by atoms with Crippen LogP contribution in [0.15, 0.2) is 49.1 Å². The molecule has 176 valence electrons. The minimum absolute atomic E-state index is 0.0533. The number of nitrogens with zero attached hydrogens (tertiary/aromatic N) is 4. The highest BCUT2D eigenvalue weighted by molar-refractivity contribution is 6.02. The summed E-state index contributed by atoms with van der Waals surface area (Å²) in [5.41, 5.74) is 5.12. The van der Waals surface area contributed by atoms with E-state index in [4.69, 9.17) is 14.2 Å². The zero-order valence-electron chi connectivity index (χ0n) is 19.7. The van der Waals surface area contributed by atoms with Crippen molar-refractivity contribution in [3.05, 3.63) is 54.6 Å². The minimum Gasteiger partial charge on any atom is -0.496 e. The molecule has 0 amide bonds. The molecule has 1 aliphatic carbocycles. The molecule has 5 rings (SSSR count). The number of carbonyl (C=O) groups is 1. The number of ketones is 1. The summed E-state index contributed by atoms with van der Waals surface area (Å²) in [5.74, 6) is 1.55. The highest BCUT2D eigenvalue weighted by Crippen LogP contribution is 2.40. The predicted octanol–water partition coefficient (Wildman–Crippen LogP) is 4.42. The number of fused-ring (bicyclic) bond motifs is 1. The second-order valence-electron chi connectivity index (χ2n) is 8.65. The van der Waals surface area contributed by atoms with Crippen LogP contribution < -0.4 is 9.47 Å². The van der Waals surface area contributed by atoms with E-state index in [1.165, 1.54) is 0 Å². The van der Waals surface area contributed by atoms with Crippen molar-refractivity contribution in [2.24, 2.45) is 13.0 Å². The fraction of sp³-hybridized carbons (Fsp3) is 0.346. The van der Waals surface area contributed by atoms with E-state index in [-0.39, 0.29) is 5.78 Å². The summed E-state index contributed by atoms with van der Waals surface area (Å²) in [6, 6.07) is 7.86. The van der Waals surface area contributed by atoms with E-state index >= 15 is 0 Å². The van der Waals surface area contributed by atoms with Crippen molar-refractivity contribution < 1.29 is 19.0 Å². The highest BCUT2D eigenvalue weighted by atomic mass is 16.5. The molecule has 8 nitrogen and oxygen atoms in total. The molecule has 4 aromatic rings. The average molecular weight is 461 g/mol. The molecule has 0 saturated heterocycles. The van der Waals surface area contributed by atoms with E-state index in [0.717, 1.165) is 40.9 Å². The molecule has 0 bridgehead atoms. The van der Waals surface area contributed by atoms with Crippen LogP contribution in [0.3, 0.4) is 0 Å². The van der Waals surface area contributed by atoms with Gasteiger partial charge in [0.25, 0.3) is 0 Å². The fourth-order valence-electron chi connectivity index (χ4n) is 4.15. The number of benzene rings is 1. The average Bonchev–Trinajstić information content (AvgIpc) is 3.37. The fourth-order valence-corrected chi connectivity index (χ4v) is 4.15. The highest BCUT2D eigenvalue weighted by Gasteiger charge is 2.29. The normalized spacial score (nSPS) is 13.4. The van der Waals surface area contributed by atoms with Crippen molar-refractivity contribution >= 4 is 11.4 Å². The third kappa shape index (κ3) is 4.41. The molecule has 8 heteroatoms. The number of aromatic nitrogens is 4. The van der Waals surface area contributed by atoms with Crippen LogP contribution >= 0.6 is 0 Å². The number of hydrogen-bond acceptors (Lipinski definition) is 6. The number of Topliss-reactive ketones (excluding diaryl/α,β-unsaturated/α-hetero) is 1. The van der Waals surface area contributed by atoms with Gasteiger partial charge in [-0.1, -0.05) is 0 Å². The molecule has 1 saturated carbocycles. The van der Waals surface area contributed by atoms with Crippen molar-refractivity contribution in [3.8, 4) is 33.9 Å². The summed E-state index contributed by atoms with van der Waals surface area (Å²) < 4.78 is 20.6. The minimum atomic E-state index is 0.0533. The van der Waals surface area contributed by atoms with Crippen LogP contribution in [0.4, 0.5) is 0 Å². The van der Waals surface area contributed by atoms with Gasteiger partial charge in [-0.05, 0) is 48.6 Å². The molecule has 1 aliphatic rings. The first kappa shape index (κ1) is 22.2. The van der Waals surface area contributed by atoms with Gasteiger partial charge in [-0.2, -0.15) is 5.10 Å². The maximum Gasteiger partial charge on any atom is 0.170 e. The van der Waals surface area contributed by atoms with Crippen LogP contribution in [0.2, 0.25) is 0 Å². The number of rotatable bonds is 10. The zero-order valence-corrected chi connectivity index (χ0v) is 19.7. The Labute approximate surface area is 198 Å². The summed E-state index contributed by atoms with van der Waals surface area (Å²) in [6.45, 7) is 0.768. The Morgan fingerprint density at radius 2 is 1.88 bits per heavy atom. The lowest BCUT2D eigenvalue weighted by molar-refractivity contribution is 0.0964. The number of methoxy groups -OCH3 is 2. The summed E-state index contributed by atoms with van der Waals surface area (Å²) in [6.07, 6.45) is 10.3. The van der Waals surface area contributed by atoms with Gasteiger partial charge in [-0.25, -0.2) is 4.98 Å². The molecule has 3 aromatic heterocycles. The van der Waals surface area contributed by atoms with Gasteiger partial charge in [0, 0.05) is 44.1 Å².